The maximum atomic E-state index is 12.5. The lowest BCUT2D eigenvalue weighted by Gasteiger charge is -2.09. The summed E-state index contributed by atoms with van der Waals surface area (Å²) in [5.41, 5.74) is 6.56. The molecule has 0 amide bonds. The van der Waals surface area contributed by atoms with Gasteiger partial charge >= 0.3 is 6.18 Å². The van der Waals surface area contributed by atoms with E-state index in [1.807, 2.05) is 6.07 Å². The van der Waals surface area contributed by atoms with E-state index in [1.165, 1.54) is 6.07 Å². The zero-order valence-corrected chi connectivity index (χ0v) is 10.6. The molecule has 21 heavy (non-hydrogen) atoms. The molecule has 0 fully saturated rings. The van der Waals surface area contributed by atoms with E-state index in [1.54, 1.807) is 18.2 Å². The number of anilines is 1. The highest BCUT2D eigenvalue weighted by Crippen LogP contribution is 2.31. The quantitative estimate of drug-likeness (QED) is 0.743. The Balaban J connectivity index is 2.09. The molecule has 0 aliphatic carbocycles. The second kappa shape index (κ2) is 4.73. The lowest BCUT2D eigenvalue weighted by Crippen LogP contribution is -2.07. The molecule has 0 saturated heterocycles. The number of nitrogen functional groups attached to an aromatic ring is 1. The Kier molecular flexibility index (Phi) is 3.01. The van der Waals surface area contributed by atoms with E-state index in [2.05, 4.69) is 16.0 Å². The molecule has 0 saturated carbocycles. The Labute approximate surface area is 118 Å². The molecule has 0 atom stereocenters. The van der Waals surface area contributed by atoms with E-state index < -0.39 is 11.9 Å². The summed E-state index contributed by atoms with van der Waals surface area (Å²) in [5, 5.41) is 0.807. The normalized spacial score (nSPS) is 11.8. The maximum absolute atomic E-state index is 12.5. The van der Waals surface area contributed by atoms with Crippen LogP contribution in [0.15, 0.2) is 42.6 Å². The Morgan fingerprint density at radius 1 is 1.14 bits per heavy atom. The largest absolute Gasteiger partial charge is 0.433 e. The van der Waals surface area contributed by atoms with Crippen molar-refractivity contribution in [1.29, 1.82) is 0 Å². The van der Waals surface area contributed by atoms with Crippen LogP contribution in [-0.4, -0.2) is 9.97 Å². The molecule has 0 unspecified atom stereocenters. The number of hydrogen-bond donors (Lipinski definition) is 1. The lowest BCUT2D eigenvalue weighted by atomic mass is 10.1. The standard InChI is InChI=1S/C15H9F3N3/c16-15(17,18)13-6-5-10(8-20-13)11-7-9-3-1-2-4-12(9)21-14(11)19/h1-3,5-8H,(H2,19,21). The average molecular weight is 288 g/mol. The van der Waals surface area contributed by atoms with Gasteiger partial charge in [0.1, 0.15) is 11.5 Å². The molecular weight excluding hydrogens is 279 g/mol. The van der Waals surface area contributed by atoms with Crippen molar-refractivity contribution in [1.82, 2.24) is 9.97 Å². The van der Waals surface area contributed by atoms with Gasteiger partial charge in [-0.25, -0.2) is 4.98 Å². The summed E-state index contributed by atoms with van der Waals surface area (Å²) in [7, 11) is 0. The number of para-hydroxylation sites is 1. The minimum absolute atomic E-state index is 0.228. The van der Waals surface area contributed by atoms with Crippen LogP contribution in [0, 0.1) is 6.07 Å². The fraction of sp³-hybridized carbons (Fsp3) is 0.0667. The summed E-state index contributed by atoms with van der Waals surface area (Å²) in [6.07, 6.45) is -3.31. The van der Waals surface area contributed by atoms with Gasteiger partial charge < -0.3 is 5.73 Å². The molecule has 3 rings (SSSR count). The molecule has 0 spiro atoms. The van der Waals surface area contributed by atoms with Crippen LogP contribution in [0.4, 0.5) is 19.0 Å². The Hall–Kier alpha value is -2.63. The van der Waals surface area contributed by atoms with Crippen LogP contribution in [0.25, 0.3) is 22.0 Å². The van der Waals surface area contributed by atoms with Crippen molar-refractivity contribution in [2.24, 2.45) is 0 Å². The lowest BCUT2D eigenvalue weighted by molar-refractivity contribution is -0.141. The first-order valence-electron chi connectivity index (χ1n) is 6.06. The van der Waals surface area contributed by atoms with Crippen LogP contribution >= 0.6 is 0 Å². The minimum atomic E-state index is -4.46. The summed E-state index contributed by atoms with van der Waals surface area (Å²) in [6.45, 7) is 0. The van der Waals surface area contributed by atoms with Gasteiger partial charge in [-0.3, -0.25) is 4.98 Å². The van der Waals surface area contributed by atoms with Crippen molar-refractivity contribution in [3.8, 4) is 11.1 Å². The van der Waals surface area contributed by atoms with Crippen LogP contribution in [0.1, 0.15) is 5.69 Å². The number of rotatable bonds is 1. The summed E-state index contributed by atoms with van der Waals surface area (Å²) < 4.78 is 37.5. The van der Waals surface area contributed by atoms with Gasteiger partial charge in [0.2, 0.25) is 0 Å². The molecule has 1 aromatic carbocycles. The molecule has 3 nitrogen and oxygen atoms in total. The summed E-state index contributed by atoms with van der Waals surface area (Å²) >= 11 is 0. The molecule has 6 heteroatoms. The summed E-state index contributed by atoms with van der Waals surface area (Å²) in [5.74, 6) is 0.228. The van der Waals surface area contributed by atoms with Crippen molar-refractivity contribution >= 4 is 16.7 Å². The number of alkyl halides is 3. The van der Waals surface area contributed by atoms with Gasteiger partial charge in [-0.05, 0) is 12.1 Å². The van der Waals surface area contributed by atoms with Crippen LogP contribution in [0.2, 0.25) is 0 Å². The number of fused-ring (bicyclic) bond motifs is 1. The number of hydrogen-bond acceptors (Lipinski definition) is 3. The van der Waals surface area contributed by atoms with Crippen molar-refractivity contribution in [2.75, 3.05) is 5.73 Å². The van der Waals surface area contributed by atoms with Gasteiger partial charge in [0, 0.05) is 28.8 Å². The van der Waals surface area contributed by atoms with Crippen LogP contribution < -0.4 is 5.73 Å². The SMILES string of the molecule is Nc1nc2[c]cccc2cc1-c1ccc(C(F)(F)F)nc1. The van der Waals surface area contributed by atoms with E-state index in [0.29, 0.717) is 16.6 Å². The van der Waals surface area contributed by atoms with Gasteiger partial charge in [-0.1, -0.05) is 24.3 Å². The van der Waals surface area contributed by atoms with E-state index in [4.69, 9.17) is 5.73 Å². The topological polar surface area (TPSA) is 51.8 Å². The van der Waals surface area contributed by atoms with Crippen LogP contribution in [0.5, 0.6) is 0 Å². The Bertz CT molecular complexity index is 795. The molecule has 2 heterocycles. The van der Waals surface area contributed by atoms with Gasteiger partial charge in [0.25, 0.3) is 0 Å². The zero-order valence-electron chi connectivity index (χ0n) is 10.6. The van der Waals surface area contributed by atoms with Gasteiger partial charge in [0.15, 0.2) is 0 Å². The minimum Gasteiger partial charge on any atom is -0.383 e. The zero-order chi connectivity index (χ0) is 15.0. The number of aromatic nitrogens is 2. The second-order valence-corrected chi connectivity index (χ2v) is 4.46. The highest BCUT2D eigenvalue weighted by molar-refractivity contribution is 5.88. The third-order valence-electron chi connectivity index (χ3n) is 3.04. The number of nitrogens with two attached hydrogens (primary N) is 1. The molecule has 105 valence electrons. The first-order chi connectivity index (χ1) is 9.95. The first kappa shape index (κ1) is 13.4. The van der Waals surface area contributed by atoms with Gasteiger partial charge in [-0.2, -0.15) is 13.2 Å². The molecule has 3 aromatic rings. The van der Waals surface area contributed by atoms with Gasteiger partial charge in [-0.15, -0.1) is 0 Å². The number of nitrogens with zero attached hydrogens (tertiary/aromatic N) is 2. The molecule has 2 N–H and O–H groups in total. The van der Waals surface area contributed by atoms with Crippen LogP contribution in [0.3, 0.4) is 0 Å². The summed E-state index contributed by atoms with van der Waals surface area (Å²) in [4.78, 5) is 7.63. The van der Waals surface area contributed by atoms with Crippen molar-refractivity contribution in [2.45, 2.75) is 6.18 Å². The third-order valence-corrected chi connectivity index (χ3v) is 3.04. The first-order valence-corrected chi connectivity index (χ1v) is 6.06. The maximum Gasteiger partial charge on any atom is 0.433 e. The Morgan fingerprint density at radius 3 is 2.62 bits per heavy atom. The predicted molar refractivity (Wildman–Crippen MR) is 73.2 cm³/mol. The van der Waals surface area contributed by atoms with Crippen molar-refractivity contribution in [3.63, 3.8) is 0 Å². The fourth-order valence-electron chi connectivity index (χ4n) is 2.02. The Morgan fingerprint density at radius 2 is 1.95 bits per heavy atom. The monoisotopic (exact) mass is 288 g/mol. The third kappa shape index (κ3) is 2.52. The molecule has 2 aromatic heterocycles. The average Bonchev–Trinajstić information content (AvgIpc) is 2.46. The number of pyridine rings is 2. The van der Waals surface area contributed by atoms with E-state index >= 15 is 0 Å². The van der Waals surface area contributed by atoms with Crippen molar-refractivity contribution in [3.05, 3.63) is 54.4 Å². The van der Waals surface area contributed by atoms with E-state index in [0.717, 1.165) is 17.6 Å². The smallest absolute Gasteiger partial charge is 0.383 e. The molecule has 0 aliphatic heterocycles. The second-order valence-electron chi connectivity index (χ2n) is 4.46. The molecule has 0 bridgehead atoms. The molecule has 1 radical (unpaired) electrons. The van der Waals surface area contributed by atoms with Crippen molar-refractivity contribution < 1.29 is 13.2 Å². The summed E-state index contributed by atoms with van der Waals surface area (Å²) in [6, 6.07) is 12.3. The highest BCUT2D eigenvalue weighted by Gasteiger charge is 2.32. The van der Waals surface area contributed by atoms with E-state index in [9.17, 15) is 13.2 Å². The number of halogens is 3. The number of benzene rings is 1. The fourth-order valence-corrected chi connectivity index (χ4v) is 2.02. The molecule has 0 aliphatic rings. The van der Waals surface area contributed by atoms with Gasteiger partial charge in [0.05, 0.1) is 5.52 Å². The van der Waals surface area contributed by atoms with Crippen LogP contribution in [-0.2, 0) is 6.18 Å². The highest BCUT2D eigenvalue weighted by atomic mass is 19.4. The molecular formula is C15H9F3N3. The van der Waals surface area contributed by atoms with E-state index in [-0.39, 0.29) is 5.82 Å². The predicted octanol–water partition coefficient (Wildman–Crippen LogP) is 3.70.